The molecule has 0 atom stereocenters. The van der Waals surface area contributed by atoms with Crippen molar-refractivity contribution in [2.75, 3.05) is 10.5 Å². The number of hydrogen-bond donors (Lipinski definition) is 2. The molecule has 4 nitrogen and oxygen atoms in total. The van der Waals surface area contributed by atoms with Crippen molar-refractivity contribution in [2.24, 2.45) is 0 Å². The number of sulfonamides is 1. The number of anilines is 2. The number of rotatable bonds is 3. The molecule has 100 valence electrons. The lowest BCUT2D eigenvalue weighted by Crippen LogP contribution is -2.14. The minimum Gasteiger partial charge on any atom is -0.398 e. The lowest BCUT2D eigenvalue weighted by molar-refractivity contribution is 0.600. The third-order valence-electron chi connectivity index (χ3n) is 2.36. The second-order valence-corrected chi connectivity index (χ2v) is 6.69. The van der Waals surface area contributed by atoms with Crippen LogP contribution in [0, 0.1) is 9.39 Å². The fourth-order valence-electron chi connectivity index (χ4n) is 1.49. The average molecular weight is 392 g/mol. The highest BCUT2D eigenvalue weighted by molar-refractivity contribution is 14.1. The van der Waals surface area contributed by atoms with E-state index in [-0.39, 0.29) is 10.6 Å². The molecule has 7 heteroatoms. The van der Waals surface area contributed by atoms with Gasteiger partial charge in [-0.15, -0.1) is 0 Å². The summed E-state index contributed by atoms with van der Waals surface area (Å²) in [6.45, 7) is 0. The van der Waals surface area contributed by atoms with E-state index in [0.717, 1.165) is 21.8 Å². The predicted octanol–water partition coefficient (Wildman–Crippen LogP) is 2.81. The van der Waals surface area contributed by atoms with Gasteiger partial charge in [0.1, 0.15) is 10.7 Å². The molecule has 0 aliphatic rings. The molecule has 2 aromatic carbocycles. The Labute approximate surface area is 124 Å². The molecular weight excluding hydrogens is 382 g/mol. The summed E-state index contributed by atoms with van der Waals surface area (Å²) in [6.07, 6.45) is 0. The Bertz CT molecular complexity index is 702. The van der Waals surface area contributed by atoms with Crippen molar-refractivity contribution >= 4 is 44.0 Å². The van der Waals surface area contributed by atoms with Gasteiger partial charge >= 0.3 is 0 Å². The molecule has 0 aliphatic heterocycles. The molecular formula is C12H10FIN2O2S. The molecule has 0 spiro atoms. The zero-order chi connectivity index (χ0) is 14.0. The maximum atomic E-state index is 12.9. The highest BCUT2D eigenvalue weighted by Gasteiger charge is 2.17. The van der Waals surface area contributed by atoms with Crippen molar-refractivity contribution < 1.29 is 12.8 Å². The zero-order valence-electron chi connectivity index (χ0n) is 9.60. The van der Waals surface area contributed by atoms with E-state index in [4.69, 9.17) is 5.73 Å². The van der Waals surface area contributed by atoms with E-state index in [1.807, 2.05) is 0 Å². The topological polar surface area (TPSA) is 72.2 Å². The van der Waals surface area contributed by atoms with Crippen LogP contribution in [0.3, 0.4) is 0 Å². The summed E-state index contributed by atoms with van der Waals surface area (Å²) in [5, 5.41) is 0. The molecule has 0 amide bonds. The number of hydrogen-bond acceptors (Lipinski definition) is 3. The van der Waals surface area contributed by atoms with Gasteiger partial charge in [-0.05, 0) is 65.1 Å². The van der Waals surface area contributed by atoms with Crippen molar-refractivity contribution in [3.05, 3.63) is 51.9 Å². The van der Waals surface area contributed by atoms with E-state index < -0.39 is 15.8 Å². The lowest BCUT2D eigenvalue weighted by Gasteiger charge is -2.10. The number of benzene rings is 2. The number of nitrogens with two attached hydrogens (primary N) is 1. The molecule has 0 saturated heterocycles. The molecule has 0 bridgehead atoms. The van der Waals surface area contributed by atoms with Gasteiger partial charge in [-0.3, -0.25) is 4.72 Å². The molecule has 2 rings (SSSR count). The Morgan fingerprint density at radius 3 is 2.32 bits per heavy atom. The fraction of sp³-hybridized carbons (Fsp3) is 0. The van der Waals surface area contributed by atoms with Crippen LogP contribution in [-0.4, -0.2) is 8.42 Å². The summed E-state index contributed by atoms with van der Waals surface area (Å²) in [4.78, 5) is -0.146. The largest absolute Gasteiger partial charge is 0.398 e. The van der Waals surface area contributed by atoms with Crippen LogP contribution in [0.25, 0.3) is 0 Å². The summed E-state index contributed by atoms with van der Waals surface area (Å²) in [5.41, 5.74) is 5.82. The smallest absolute Gasteiger partial charge is 0.263 e. The van der Waals surface area contributed by atoms with E-state index in [9.17, 15) is 12.8 Å². The molecule has 0 fully saturated rings. The standard InChI is InChI=1S/C12H10FIN2O2S/c13-8-1-6-12(11(15)7-8)19(17,18)16-10-4-2-9(14)3-5-10/h1-7,16H,15H2. The lowest BCUT2D eigenvalue weighted by atomic mass is 10.3. The highest BCUT2D eigenvalue weighted by atomic mass is 127. The molecule has 19 heavy (non-hydrogen) atoms. The van der Waals surface area contributed by atoms with Crippen molar-refractivity contribution in [3.8, 4) is 0 Å². The van der Waals surface area contributed by atoms with Gasteiger partial charge in [-0.1, -0.05) is 0 Å². The summed E-state index contributed by atoms with van der Waals surface area (Å²) in [5.74, 6) is -0.578. The number of nitrogen functional groups attached to an aromatic ring is 1. The summed E-state index contributed by atoms with van der Waals surface area (Å²) in [6, 6.07) is 9.98. The van der Waals surface area contributed by atoms with Gasteiger partial charge in [-0.25, -0.2) is 12.8 Å². The minimum atomic E-state index is -3.82. The molecule has 3 N–H and O–H groups in total. The number of nitrogens with one attached hydrogen (secondary N) is 1. The minimum absolute atomic E-state index is 0.127. The van der Waals surface area contributed by atoms with Gasteiger partial charge in [0.2, 0.25) is 0 Å². The third-order valence-corrected chi connectivity index (χ3v) is 4.53. The van der Waals surface area contributed by atoms with Gasteiger partial charge in [-0.2, -0.15) is 0 Å². The molecule has 0 unspecified atom stereocenters. The first-order valence-corrected chi connectivity index (χ1v) is 7.78. The average Bonchev–Trinajstić information content (AvgIpc) is 2.31. The van der Waals surface area contributed by atoms with Gasteiger partial charge < -0.3 is 5.73 Å². The molecule has 0 radical (unpaired) electrons. The predicted molar refractivity (Wildman–Crippen MR) is 80.8 cm³/mol. The zero-order valence-corrected chi connectivity index (χ0v) is 12.6. The highest BCUT2D eigenvalue weighted by Crippen LogP contribution is 2.22. The van der Waals surface area contributed by atoms with Crippen molar-refractivity contribution in [1.82, 2.24) is 0 Å². The Morgan fingerprint density at radius 2 is 1.74 bits per heavy atom. The van der Waals surface area contributed by atoms with E-state index in [0.29, 0.717) is 5.69 Å². The second-order valence-electron chi connectivity index (χ2n) is 3.79. The Balaban J connectivity index is 2.35. The van der Waals surface area contributed by atoms with E-state index in [1.54, 1.807) is 24.3 Å². The summed E-state index contributed by atoms with van der Waals surface area (Å²) < 4.78 is 40.5. The molecule has 0 aliphatic carbocycles. The van der Waals surface area contributed by atoms with Crippen LogP contribution >= 0.6 is 22.6 Å². The third kappa shape index (κ3) is 3.35. The van der Waals surface area contributed by atoms with Gasteiger partial charge in [0.15, 0.2) is 0 Å². The van der Waals surface area contributed by atoms with Gasteiger partial charge in [0.25, 0.3) is 10.0 Å². The summed E-state index contributed by atoms with van der Waals surface area (Å²) >= 11 is 2.12. The first-order chi connectivity index (χ1) is 8.88. The first kappa shape index (κ1) is 14.1. The molecule has 0 heterocycles. The van der Waals surface area contributed by atoms with E-state index >= 15 is 0 Å². The van der Waals surface area contributed by atoms with Crippen LogP contribution < -0.4 is 10.5 Å². The van der Waals surface area contributed by atoms with Crippen LogP contribution in [0.5, 0.6) is 0 Å². The fourth-order valence-corrected chi connectivity index (χ4v) is 3.02. The van der Waals surface area contributed by atoms with Crippen molar-refractivity contribution in [1.29, 1.82) is 0 Å². The Hall–Kier alpha value is -1.35. The SMILES string of the molecule is Nc1cc(F)ccc1S(=O)(=O)Nc1ccc(I)cc1. The van der Waals surface area contributed by atoms with Crippen LogP contribution in [0.15, 0.2) is 47.4 Å². The quantitative estimate of drug-likeness (QED) is 0.624. The monoisotopic (exact) mass is 392 g/mol. The normalized spacial score (nSPS) is 11.3. The van der Waals surface area contributed by atoms with Crippen LogP contribution in [0.1, 0.15) is 0 Å². The number of halogens is 2. The van der Waals surface area contributed by atoms with E-state index in [1.165, 1.54) is 0 Å². The van der Waals surface area contributed by atoms with Crippen LogP contribution in [-0.2, 0) is 10.0 Å². The molecule has 2 aromatic rings. The second kappa shape index (κ2) is 5.33. The molecule has 0 aromatic heterocycles. The van der Waals surface area contributed by atoms with Crippen molar-refractivity contribution in [3.63, 3.8) is 0 Å². The summed E-state index contributed by atoms with van der Waals surface area (Å²) in [7, 11) is -3.82. The Kier molecular flexibility index (Phi) is 3.95. The first-order valence-electron chi connectivity index (χ1n) is 5.22. The van der Waals surface area contributed by atoms with Crippen LogP contribution in [0.4, 0.5) is 15.8 Å². The van der Waals surface area contributed by atoms with Crippen LogP contribution in [0.2, 0.25) is 0 Å². The maximum absolute atomic E-state index is 12.9. The van der Waals surface area contributed by atoms with E-state index in [2.05, 4.69) is 27.3 Å². The maximum Gasteiger partial charge on any atom is 0.263 e. The van der Waals surface area contributed by atoms with Crippen molar-refractivity contribution in [2.45, 2.75) is 4.90 Å². The van der Waals surface area contributed by atoms with Gasteiger partial charge in [0, 0.05) is 9.26 Å². The Morgan fingerprint density at radius 1 is 1.11 bits per heavy atom. The van der Waals surface area contributed by atoms with Gasteiger partial charge in [0.05, 0.1) is 5.69 Å². The molecule has 0 saturated carbocycles.